The lowest BCUT2D eigenvalue weighted by atomic mass is 9.93. The van der Waals surface area contributed by atoms with Crippen molar-refractivity contribution in [3.05, 3.63) is 77.0 Å². The number of rotatable bonds is 5. The molecule has 0 bridgehead atoms. The SMILES string of the molecule is Cc1ccccc1C(=COCCBr)c1ccccc1C. The molecule has 2 aromatic rings. The number of hydrogen-bond donors (Lipinski definition) is 0. The third kappa shape index (κ3) is 3.51. The number of ether oxygens (including phenoxy) is 1. The minimum atomic E-state index is 0.668. The molecule has 0 saturated carbocycles. The summed E-state index contributed by atoms with van der Waals surface area (Å²) in [5.41, 5.74) is 6.09. The topological polar surface area (TPSA) is 9.23 Å². The first kappa shape index (κ1) is 14.9. The molecule has 0 heterocycles. The number of benzene rings is 2. The van der Waals surface area contributed by atoms with Gasteiger partial charge in [-0.15, -0.1) is 0 Å². The van der Waals surface area contributed by atoms with Crippen molar-refractivity contribution in [2.24, 2.45) is 0 Å². The van der Waals surface area contributed by atoms with Gasteiger partial charge in [-0.05, 0) is 36.1 Å². The van der Waals surface area contributed by atoms with Gasteiger partial charge in [0.1, 0.15) is 0 Å². The Labute approximate surface area is 129 Å². The fourth-order valence-electron chi connectivity index (χ4n) is 2.21. The molecular weight excluding hydrogens is 312 g/mol. The smallest absolute Gasteiger partial charge is 0.0970 e. The molecule has 0 unspecified atom stereocenters. The first-order valence-electron chi connectivity index (χ1n) is 6.74. The van der Waals surface area contributed by atoms with Gasteiger partial charge in [0.05, 0.1) is 12.9 Å². The van der Waals surface area contributed by atoms with Crippen molar-refractivity contribution in [2.75, 3.05) is 11.9 Å². The summed E-state index contributed by atoms with van der Waals surface area (Å²) in [6.45, 7) is 4.93. The predicted molar refractivity (Wildman–Crippen MR) is 89.2 cm³/mol. The third-order valence-electron chi connectivity index (χ3n) is 3.27. The fraction of sp³-hybridized carbons (Fsp3) is 0.222. The summed E-state index contributed by atoms with van der Waals surface area (Å²) in [6, 6.07) is 16.8. The maximum absolute atomic E-state index is 5.65. The monoisotopic (exact) mass is 330 g/mol. The molecule has 2 aromatic carbocycles. The van der Waals surface area contributed by atoms with Gasteiger partial charge < -0.3 is 4.74 Å². The Hall–Kier alpha value is -1.54. The molecule has 0 atom stereocenters. The van der Waals surface area contributed by atoms with Crippen molar-refractivity contribution in [3.8, 4) is 0 Å². The molecule has 0 saturated heterocycles. The van der Waals surface area contributed by atoms with Gasteiger partial charge in [0, 0.05) is 10.9 Å². The molecule has 0 spiro atoms. The Bertz CT molecular complexity index is 554. The molecule has 0 aliphatic heterocycles. The first-order chi connectivity index (χ1) is 9.74. The molecule has 104 valence electrons. The van der Waals surface area contributed by atoms with E-state index in [-0.39, 0.29) is 0 Å². The zero-order valence-corrected chi connectivity index (χ0v) is 13.5. The minimum absolute atomic E-state index is 0.668. The Balaban J connectivity index is 2.49. The number of halogens is 1. The van der Waals surface area contributed by atoms with Gasteiger partial charge in [0.15, 0.2) is 0 Å². The summed E-state index contributed by atoms with van der Waals surface area (Å²) in [6.07, 6.45) is 1.88. The quantitative estimate of drug-likeness (QED) is 0.420. The Morgan fingerprint density at radius 1 is 0.950 bits per heavy atom. The van der Waals surface area contributed by atoms with Crippen molar-refractivity contribution in [1.82, 2.24) is 0 Å². The van der Waals surface area contributed by atoms with Crippen LogP contribution in [0, 0.1) is 13.8 Å². The normalized spacial score (nSPS) is 10.2. The number of alkyl halides is 1. The Morgan fingerprint density at radius 2 is 1.45 bits per heavy atom. The standard InChI is InChI=1S/C18H19BrO/c1-14-7-3-5-9-16(14)18(13-20-12-11-19)17-10-6-4-8-15(17)2/h3-10,13H,11-12H2,1-2H3. The largest absolute Gasteiger partial charge is 0.500 e. The summed E-state index contributed by atoms with van der Waals surface area (Å²) >= 11 is 3.39. The van der Waals surface area contributed by atoms with Gasteiger partial charge >= 0.3 is 0 Å². The van der Waals surface area contributed by atoms with E-state index in [0.29, 0.717) is 6.61 Å². The Morgan fingerprint density at radius 3 is 1.90 bits per heavy atom. The van der Waals surface area contributed by atoms with Gasteiger partial charge in [0.2, 0.25) is 0 Å². The Kier molecular flexibility index (Phi) is 5.42. The second kappa shape index (κ2) is 7.30. The molecular formula is C18H19BrO. The van der Waals surface area contributed by atoms with E-state index in [4.69, 9.17) is 4.74 Å². The van der Waals surface area contributed by atoms with Gasteiger partial charge in [-0.1, -0.05) is 64.5 Å². The van der Waals surface area contributed by atoms with Gasteiger partial charge in [-0.25, -0.2) is 0 Å². The lowest BCUT2D eigenvalue weighted by Gasteiger charge is -2.13. The maximum Gasteiger partial charge on any atom is 0.0970 e. The summed E-state index contributed by atoms with van der Waals surface area (Å²) in [5.74, 6) is 0. The second-order valence-electron chi connectivity index (χ2n) is 4.72. The molecule has 20 heavy (non-hydrogen) atoms. The van der Waals surface area contributed by atoms with Crippen LogP contribution in [0.5, 0.6) is 0 Å². The molecule has 0 aromatic heterocycles. The summed E-state index contributed by atoms with van der Waals surface area (Å²) in [5, 5.41) is 0.832. The molecule has 2 heteroatoms. The van der Waals surface area contributed by atoms with Crippen LogP contribution in [0.4, 0.5) is 0 Å². The molecule has 1 nitrogen and oxygen atoms in total. The second-order valence-corrected chi connectivity index (χ2v) is 5.51. The molecule has 0 N–H and O–H groups in total. The van der Waals surface area contributed by atoms with E-state index in [1.807, 2.05) is 6.26 Å². The van der Waals surface area contributed by atoms with Crippen LogP contribution in [0.2, 0.25) is 0 Å². The summed E-state index contributed by atoms with van der Waals surface area (Å²) < 4.78 is 5.65. The fourth-order valence-corrected chi connectivity index (χ4v) is 2.40. The highest BCUT2D eigenvalue weighted by molar-refractivity contribution is 9.09. The molecule has 0 amide bonds. The first-order valence-corrected chi connectivity index (χ1v) is 7.86. The van der Waals surface area contributed by atoms with E-state index in [1.54, 1.807) is 0 Å². The van der Waals surface area contributed by atoms with Crippen molar-refractivity contribution in [3.63, 3.8) is 0 Å². The van der Waals surface area contributed by atoms with Crippen LogP contribution >= 0.6 is 15.9 Å². The predicted octanol–water partition coefficient (Wildman–Crippen LogP) is 5.10. The molecule has 0 aliphatic rings. The average Bonchev–Trinajstić information content (AvgIpc) is 2.46. The van der Waals surface area contributed by atoms with Crippen molar-refractivity contribution < 1.29 is 4.74 Å². The van der Waals surface area contributed by atoms with Crippen LogP contribution in [0.3, 0.4) is 0 Å². The van der Waals surface area contributed by atoms with Crippen LogP contribution < -0.4 is 0 Å². The highest BCUT2D eigenvalue weighted by Crippen LogP contribution is 2.28. The molecule has 2 rings (SSSR count). The van der Waals surface area contributed by atoms with Crippen molar-refractivity contribution in [2.45, 2.75) is 13.8 Å². The lowest BCUT2D eigenvalue weighted by molar-refractivity contribution is 0.275. The molecule has 0 fully saturated rings. The molecule has 0 aliphatic carbocycles. The van der Waals surface area contributed by atoms with E-state index in [2.05, 4.69) is 78.3 Å². The van der Waals surface area contributed by atoms with Gasteiger partial charge in [-0.2, -0.15) is 0 Å². The van der Waals surface area contributed by atoms with E-state index >= 15 is 0 Å². The number of aryl methyl sites for hydroxylation is 2. The third-order valence-corrected chi connectivity index (χ3v) is 3.59. The van der Waals surface area contributed by atoms with Crippen LogP contribution in [0.25, 0.3) is 5.57 Å². The maximum atomic E-state index is 5.65. The van der Waals surface area contributed by atoms with Gasteiger partial charge in [0.25, 0.3) is 0 Å². The van der Waals surface area contributed by atoms with E-state index in [1.165, 1.54) is 22.3 Å². The molecule has 0 radical (unpaired) electrons. The van der Waals surface area contributed by atoms with Crippen molar-refractivity contribution in [1.29, 1.82) is 0 Å². The summed E-state index contributed by atoms with van der Waals surface area (Å²) in [7, 11) is 0. The summed E-state index contributed by atoms with van der Waals surface area (Å²) in [4.78, 5) is 0. The van der Waals surface area contributed by atoms with Crippen LogP contribution in [0.1, 0.15) is 22.3 Å². The van der Waals surface area contributed by atoms with E-state index in [9.17, 15) is 0 Å². The minimum Gasteiger partial charge on any atom is -0.500 e. The lowest BCUT2D eigenvalue weighted by Crippen LogP contribution is -1.96. The van der Waals surface area contributed by atoms with Gasteiger partial charge in [-0.3, -0.25) is 0 Å². The van der Waals surface area contributed by atoms with Crippen LogP contribution in [0.15, 0.2) is 54.8 Å². The highest BCUT2D eigenvalue weighted by Gasteiger charge is 2.10. The van der Waals surface area contributed by atoms with Crippen LogP contribution in [-0.2, 0) is 4.74 Å². The number of hydrogen-bond acceptors (Lipinski definition) is 1. The van der Waals surface area contributed by atoms with Crippen molar-refractivity contribution >= 4 is 21.5 Å². The van der Waals surface area contributed by atoms with Crippen LogP contribution in [-0.4, -0.2) is 11.9 Å². The average molecular weight is 331 g/mol. The zero-order chi connectivity index (χ0) is 14.4. The zero-order valence-electron chi connectivity index (χ0n) is 11.9. The van der Waals surface area contributed by atoms with E-state index in [0.717, 1.165) is 10.9 Å². The van der Waals surface area contributed by atoms with E-state index < -0.39 is 0 Å². The highest BCUT2D eigenvalue weighted by atomic mass is 79.9.